The minimum absolute atomic E-state index is 0.00842. The predicted molar refractivity (Wildman–Crippen MR) is 124 cm³/mol. The Kier molecular flexibility index (Phi) is 6.22. The lowest BCUT2D eigenvalue weighted by atomic mass is 9.96. The number of aromatic nitrogens is 5. The van der Waals surface area contributed by atoms with Gasteiger partial charge < -0.3 is 4.52 Å². The number of rotatable bonds is 6. The minimum atomic E-state index is -4.56. The van der Waals surface area contributed by atoms with Crippen LogP contribution in [0.5, 0.6) is 0 Å². The van der Waals surface area contributed by atoms with Gasteiger partial charge >= 0.3 is 6.18 Å². The summed E-state index contributed by atoms with van der Waals surface area (Å²) in [6.45, 7) is 3.93. The van der Waals surface area contributed by atoms with Crippen LogP contribution < -0.4 is 0 Å². The Bertz CT molecular complexity index is 1540. The minimum Gasteiger partial charge on any atom is -0.359 e. The molecule has 0 fully saturated rings. The Labute approximate surface area is 208 Å². The van der Waals surface area contributed by atoms with E-state index in [1.807, 2.05) is 13.8 Å². The van der Waals surface area contributed by atoms with E-state index in [4.69, 9.17) is 4.52 Å². The highest BCUT2D eigenvalue weighted by Gasteiger charge is 2.35. The van der Waals surface area contributed by atoms with Crippen molar-refractivity contribution in [1.82, 2.24) is 24.9 Å². The molecule has 0 bridgehead atoms. The molecule has 2 aromatic carbocycles. The third kappa shape index (κ3) is 5.07. The summed E-state index contributed by atoms with van der Waals surface area (Å²) in [5, 5.41) is 8.06. The van der Waals surface area contributed by atoms with Crippen LogP contribution in [0, 0.1) is 17.6 Å². The van der Waals surface area contributed by atoms with Crippen LogP contribution in [0.1, 0.15) is 30.7 Å². The van der Waals surface area contributed by atoms with E-state index in [1.165, 1.54) is 41.3 Å². The maximum atomic E-state index is 14.1. The molecule has 0 amide bonds. The molecule has 3 aromatic rings. The summed E-state index contributed by atoms with van der Waals surface area (Å²) in [5.74, 6) is -1.58. The molecule has 11 heteroatoms. The highest BCUT2D eigenvalue weighted by molar-refractivity contribution is 5.66. The SMILES string of the molecule is CC(C)Cc1ccc(-c2cc(Cn3cc4nc(-c5cccc(F)c5F)nc-4cn3)on2)c(C(F)(F)F)c1. The maximum Gasteiger partial charge on any atom is 0.417 e. The molecule has 2 aliphatic rings. The van der Waals surface area contributed by atoms with Gasteiger partial charge in [-0.1, -0.05) is 37.2 Å². The van der Waals surface area contributed by atoms with Crippen molar-refractivity contribution < 1.29 is 26.5 Å². The molecule has 1 aromatic heterocycles. The zero-order chi connectivity index (χ0) is 26.3. The van der Waals surface area contributed by atoms with E-state index >= 15 is 0 Å². The molecule has 5 rings (SSSR count). The number of alkyl halides is 3. The van der Waals surface area contributed by atoms with Gasteiger partial charge in [0.1, 0.15) is 23.6 Å². The van der Waals surface area contributed by atoms with Crippen molar-refractivity contribution in [3.8, 4) is 34.0 Å². The van der Waals surface area contributed by atoms with Crippen molar-refractivity contribution in [2.45, 2.75) is 33.0 Å². The van der Waals surface area contributed by atoms with E-state index in [-0.39, 0.29) is 40.9 Å². The molecule has 0 N–H and O–H groups in total. The zero-order valence-electron chi connectivity index (χ0n) is 19.7. The first-order valence-electron chi connectivity index (χ1n) is 11.4. The van der Waals surface area contributed by atoms with Gasteiger partial charge in [-0.25, -0.2) is 18.7 Å². The van der Waals surface area contributed by atoms with E-state index in [0.29, 0.717) is 23.4 Å². The normalized spacial score (nSPS) is 12.1. The van der Waals surface area contributed by atoms with E-state index < -0.39 is 23.4 Å². The molecule has 0 radical (unpaired) electrons. The highest BCUT2D eigenvalue weighted by atomic mass is 19.4. The molecule has 190 valence electrons. The number of benzene rings is 2. The summed E-state index contributed by atoms with van der Waals surface area (Å²) in [6.07, 6.45) is -1.11. The average Bonchev–Trinajstić information content (AvgIpc) is 3.46. The van der Waals surface area contributed by atoms with Crippen molar-refractivity contribution in [3.63, 3.8) is 0 Å². The van der Waals surface area contributed by atoms with Crippen LogP contribution in [0.25, 0.3) is 34.0 Å². The van der Waals surface area contributed by atoms with E-state index in [0.717, 1.165) is 12.1 Å². The lowest BCUT2D eigenvalue weighted by Crippen LogP contribution is -2.09. The summed E-state index contributed by atoms with van der Waals surface area (Å²) < 4.78 is 75.8. The first-order chi connectivity index (χ1) is 17.6. The highest BCUT2D eigenvalue weighted by Crippen LogP contribution is 2.38. The van der Waals surface area contributed by atoms with Gasteiger partial charge in [-0.15, -0.1) is 0 Å². The van der Waals surface area contributed by atoms with Crippen LogP contribution in [0.3, 0.4) is 0 Å². The predicted octanol–water partition coefficient (Wildman–Crippen LogP) is 6.64. The smallest absolute Gasteiger partial charge is 0.359 e. The molecule has 37 heavy (non-hydrogen) atoms. The molecule has 2 aliphatic heterocycles. The fourth-order valence-corrected chi connectivity index (χ4v) is 4.07. The molecule has 0 saturated carbocycles. The van der Waals surface area contributed by atoms with Crippen LogP contribution in [0.15, 0.2) is 59.4 Å². The number of hydrogen-bond donors (Lipinski definition) is 0. The lowest BCUT2D eigenvalue weighted by molar-refractivity contribution is -0.137. The van der Waals surface area contributed by atoms with E-state index in [9.17, 15) is 22.0 Å². The number of halogens is 5. The third-order valence-corrected chi connectivity index (χ3v) is 5.69. The Balaban J connectivity index is 1.42. The van der Waals surface area contributed by atoms with Crippen LogP contribution in [0.4, 0.5) is 22.0 Å². The topological polar surface area (TPSA) is 69.6 Å². The first-order valence-corrected chi connectivity index (χ1v) is 11.4. The van der Waals surface area contributed by atoms with Crippen LogP contribution in [-0.4, -0.2) is 24.9 Å². The van der Waals surface area contributed by atoms with Crippen molar-refractivity contribution in [1.29, 1.82) is 0 Å². The van der Waals surface area contributed by atoms with Gasteiger partial charge in [0.25, 0.3) is 0 Å². The Morgan fingerprint density at radius 1 is 0.946 bits per heavy atom. The molecule has 0 aliphatic carbocycles. The molecule has 0 saturated heterocycles. The van der Waals surface area contributed by atoms with Crippen LogP contribution in [0.2, 0.25) is 0 Å². The Morgan fingerprint density at radius 2 is 1.73 bits per heavy atom. The second-order valence-electron chi connectivity index (χ2n) is 9.04. The lowest BCUT2D eigenvalue weighted by Gasteiger charge is -2.14. The Morgan fingerprint density at radius 3 is 2.49 bits per heavy atom. The standard InChI is InChI=1S/C26H20F5N5O/c1-14(2)8-15-6-7-17(19(9-15)26(29,30)31)21-10-16(37-35-21)12-36-13-23-22(11-32-36)33-25(34-23)18-4-3-5-20(27)24(18)28/h3-7,9-11,13-14H,8,12H2,1-2H3. The van der Waals surface area contributed by atoms with Crippen molar-refractivity contribution in [2.75, 3.05) is 0 Å². The summed E-state index contributed by atoms with van der Waals surface area (Å²) >= 11 is 0. The monoisotopic (exact) mass is 513 g/mol. The summed E-state index contributed by atoms with van der Waals surface area (Å²) in [5.41, 5.74) is 0.447. The second kappa shape index (κ2) is 9.38. The van der Waals surface area contributed by atoms with E-state index in [1.54, 1.807) is 6.07 Å². The number of imidazole rings is 1. The summed E-state index contributed by atoms with van der Waals surface area (Å²) in [6, 6.07) is 9.38. The average molecular weight is 513 g/mol. The fraction of sp³-hybridized carbons (Fsp3) is 0.231. The summed E-state index contributed by atoms with van der Waals surface area (Å²) in [7, 11) is 0. The maximum absolute atomic E-state index is 14.1. The van der Waals surface area contributed by atoms with Gasteiger partial charge in [-0.2, -0.15) is 18.3 Å². The molecule has 0 unspecified atom stereocenters. The third-order valence-electron chi connectivity index (χ3n) is 5.69. The molecule has 3 heterocycles. The van der Waals surface area contributed by atoms with Gasteiger partial charge in [-0.3, -0.25) is 4.68 Å². The van der Waals surface area contributed by atoms with Crippen LogP contribution >= 0.6 is 0 Å². The number of fused-ring (bicyclic) bond motifs is 1. The van der Waals surface area contributed by atoms with Gasteiger partial charge in [0.2, 0.25) is 0 Å². The van der Waals surface area contributed by atoms with Crippen molar-refractivity contribution >= 4 is 0 Å². The quantitative estimate of drug-likeness (QED) is 0.238. The summed E-state index contributed by atoms with van der Waals surface area (Å²) in [4.78, 5) is 8.46. The molecular formula is C26H20F5N5O. The van der Waals surface area contributed by atoms with Crippen molar-refractivity contribution in [2.24, 2.45) is 5.92 Å². The fourth-order valence-electron chi connectivity index (χ4n) is 4.07. The molecule has 6 nitrogen and oxygen atoms in total. The molecular weight excluding hydrogens is 493 g/mol. The van der Waals surface area contributed by atoms with E-state index in [2.05, 4.69) is 20.2 Å². The number of hydrogen-bond acceptors (Lipinski definition) is 5. The van der Waals surface area contributed by atoms with Gasteiger partial charge in [0.15, 0.2) is 23.2 Å². The largest absolute Gasteiger partial charge is 0.417 e. The zero-order valence-corrected chi connectivity index (χ0v) is 19.7. The second-order valence-corrected chi connectivity index (χ2v) is 9.04. The van der Waals surface area contributed by atoms with Crippen molar-refractivity contribution in [3.05, 3.63) is 83.4 Å². The first kappa shape index (κ1) is 24.5. The van der Waals surface area contributed by atoms with Gasteiger partial charge in [0.05, 0.1) is 23.5 Å². The molecule has 0 spiro atoms. The van der Waals surface area contributed by atoms with Gasteiger partial charge in [0, 0.05) is 11.6 Å². The van der Waals surface area contributed by atoms with Crippen LogP contribution in [-0.2, 0) is 19.1 Å². The number of nitrogens with zero attached hydrogens (tertiary/aromatic N) is 5. The Hall–Kier alpha value is -4.15. The van der Waals surface area contributed by atoms with Gasteiger partial charge in [-0.05, 0) is 36.1 Å². The molecule has 0 atom stereocenters.